The summed E-state index contributed by atoms with van der Waals surface area (Å²) >= 11 is 1.68. The molecule has 0 aliphatic carbocycles. The molecule has 0 saturated carbocycles. The third-order valence-electron chi connectivity index (χ3n) is 8.45. The summed E-state index contributed by atoms with van der Waals surface area (Å²) in [6.45, 7) is 3.49. The predicted molar refractivity (Wildman–Crippen MR) is 179 cm³/mol. The van der Waals surface area contributed by atoms with E-state index in [1.807, 2.05) is 69.8 Å². The van der Waals surface area contributed by atoms with Gasteiger partial charge in [0.1, 0.15) is 5.75 Å². The molecule has 45 heavy (non-hydrogen) atoms. The molecule has 232 valence electrons. The van der Waals surface area contributed by atoms with E-state index in [1.54, 1.807) is 35.6 Å². The molecule has 3 heterocycles. The largest absolute Gasteiger partial charge is 0.482 e. The van der Waals surface area contributed by atoms with Gasteiger partial charge in [-0.2, -0.15) is 0 Å². The average molecular weight is 623 g/mol. The molecule has 1 aromatic heterocycles. The maximum absolute atomic E-state index is 13.9. The Morgan fingerprint density at radius 1 is 0.844 bits per heavy atom. The van der Waals surface area contributed by atoms with Crippen molar-refractivity contribution in [2.75, 3.05) is 56.6 Å². The van der Waals surface area contributed by atoms with Crippen LogP contribution in [0.5, 0.6) is 5.75 Å². The second kappa shape index (κ2) is 14.1. The van der Waals surface area contributed by atoms with Gasteiger partial charge in [0.15, 0.2) is 6.61 Å². The number of aryl methyl sites for hydroxylation is 1. The maximum atomic E-state index is 13.9. The zero-order valence-corrected chi connectivity index (χ0v) is 26.4. The number of rotatable bonds is 7. The number of amides is 3. The van der Waals surface area contributed by atoms with E-state index in [-0.39, 0.29) is 30.1 Å². The van der Waals surface area contributed by atoms with Crippen LogP contribution in [0.2, 0.25) is 0 Å². The van der Waals surface area contributed by atoms with Crippen LogP contribution >= 0.6 is 11.3 Å². The fourth-order valence-corrected chi connectivity index (χ4v) is 6.87. The van der Waals surface area contributed by atoms with E-state index in [0.29, 0.717) is 36.4 Å². The fraction of sp³-hybridized carbons (Fsp3) is 0.306. The second-order valence-corrected chi connectivity index (χ2v) is 12.5. The number of nitrogens with one attached hydrogen (secondary N) is 1. The lowest BCUT2D eigenvalue weighted by Crippen LogP contribution is -2.37. The summed E-state index contributed by atoms with van der Waals surface area (Å²) in [6.07, 6.45) is 3.82. The Kier molecular flexibility index (Phi) is 9.57. The van der Waals surface area contributed by atoms with Gasteiger partial charge < -0.3 is 24.8 Å². The minimum absolute atomic E-state index is 0.121. The molecule has 6 rings (SSSR count). The van der Waals surface area contributed by atoms with Crippen LogP contribution in [0.15, 0.2) is 84.2 Å². The molecule has 1 saturated heterocycles. The summed E-state index contributed by atoms with van der Waals surface area (Å²) in [5.41, 5.74) is 4.04. The van der Waals surface area contributed by atoms with Crippen molar-refractivity contribution in [2.45, 2.75) is 25.7 Å². The van der Waals surface area contributed by atoms with Crippen molar-refractivity contribution in [1.82, 2.24) is 9.80 Å². The first kappa shape index (κ1) is 30.6. The number of anilines is 2. The number of benzene rings is 3. The van der Waals surface area contributed by atoms with Gasteiger partial charge in [-0.1, -0.05) is 48.5 Å². The molecule has 9 heteroatoms. The Balaban J connectivity index is 1.28. The normalized spacial score (nSPS) is 15.5. The minimum Gasteiger partial charge on any atom is -0.482 e. The highest BCUT2D eigenvalue weighted by molar-refractivity contribution is 7.10. The predicted octanol–water partition coefficient (Wildman–Crippen LogP) is 6.19. The molecule has 0 unspecified atom stereocenters. The molecule has 4 aromatic rings. The lowest BCUT2D eigenvalue weighted by molar-refractivity contribution is -0.133. The number of thiophene rings is 1. The van der Waals surface area contributed by atoms with E-state index in [2.05, 4.69) is 17.3 Å². The summed E-state index contributed by atoms with van der Waals surface area (Å²) in [6, 6.07) is 24.3. The van der Waals surface area contributed by atoms with E-state index in [0.717, 1.165) is 55.6 Å². The van der Waals surface area contributed by atoms with Gasteiger partial charge in [0, 0.05) is 42.2 Å². The Labute approximate surface area is 268 Å². The molecule has 2 aliphatic rings. The molecule has 1 N–H and O–H groups in total. The molecular formula is C36H38N4O4S. The standard InChI is InChI=1S/C36H38N4O4S/c1-38-18-9-19-39(22-21-38)34(41)25-44-32-24-27(36(43)40-20-8-7-14-33-31(40)17-23-45-33)15-16-30(32)37-35(42)29-13-6-5-12-28(29)26-10-3-2-4-11-26/h2-6,10-13,15-17,23-24H,7-9,14,18-22,25H2,1H3,(H,37,42). The zero-order valence-electron chi connectivity index (χ0n) is 25.5. The molecule has 3 amide bonds. The molecule has 0 bridgehead atoms. The van der Waals surface area contributed by atoms with Gasteiger partial charge in [0.25, 0.3) is 17.7 Å². The van der Waals surface area contributed by atoms with Crippen LogP contribution < -0.4 is 15.0 Å². The molecule has 0 spiro atoms. The molecule has 0 radical (unpaired) electrons. The van der Waals surface area contributed by atoms with Crippen LogP contribution in [-0.4, -0.2) is 73.9 Å². The van der Waals surface area contributed by atoms with E-state index < -0.39 is 0 Å². The van der Waals surface area contributed by atoms with Crippen LogP contribution in [0.1, 0.15) is 44.9 Å². The highest BCUT2D eigenvalue weighted by atomic mass is 32.1. The van der Waals surface area contributed by atoms with Gasteiger partial charge >= 0.3 is 0 Å². The van der Waals surface area contributed by atoms with E-state index in [1.165, 1.54) is 4.88 Å². The lowest BCUT2D eigenvalue weighted by Gasteiger charge is -2.23. The van der Waals surface area contributed by atoms with Crippen molar-refractivity contribution < 1.29 is 19.1 Å². The number of ether oxygens (including phenoxy) is 1. The first-order valence-corrected chi connectivity index (χ1v) is 16.4. The SMILES string of the molecule is CN1CCCN(C(=O)COc2cc(C(=O)N3CCCCc4sccc43)ccc2NC(=O)c2ccccc2-c2ccccc2)CC1. The van der Waals surface area contributed by atoms with Crippen LogP contribution in [0.25, 0.3) is 11.1 Å². The van der Waals surface area contributed by atoms with Gasteiger partial charge in [-0.3, -0.25) is 14.4 Å². The number of hydrogen-bond acceptors (Lipinski definition) is 6. The molecular weight excluding hydrogens is 584 g/mol. The number of nitrogens with zero attached hydrogens (tertiary/aromatic N) is 3. The first-order valence-electron chi connectivity index (χ1n) is 15.5. The number of likely N-dealkylation sites (N-methyl/N-ethyl adjacent to an activating group) is 1. The first-order chi connectivity index (χ1) is 22.0. The quantitative estimate of drug-likeness (QED) is 0.266. The molecule has 2 aliphatic heterocycles. The van der Waals surface area contributed by atoms with Gasteiger partial charge in [-0.15, -0.1) is 11.3 Å². The number of carbonyl (C=O) groups excluding carboxylic acids is 3. The highest BCUT2D eigenvalue weighted by Crippen LogP contribution is 2.34. The lowest BCUT2D eigenvalue weighted by atomic mass is 9.99. The fourth-order valence-electron chi connectivity index (χ4n) is 5.95. The average Bonchev–Trinajstić information content (AvgIpc) is 3.29. The summed E-state index contributed by atoms with van der Waals surface area (Å²) in [4.78, 5) is 47.9. The number of fused-ring (bicyclic) bond motifs is 1. The topological polar surface area (TPSA) is 82.2 Å². The highest BCUT2D eigenvalue weighted by Gasteiger charge is 2.25. The van der Waals surface area contributed by atoms with Crippen molar-refractivity contribution >= 4 is 40.4 Å². The summed E-state index contributed by atoms with van der Waals surface area (Å²) in [5.74, 6) is -0.275. The molecule has 1 fully saturated rings. The van der Waals surface area contributed by atoms with Gasteiger partial charge in [-0.25, -0.2) is 0 Å². The zero-order chi connectivity index (χ0) is 31.2. The van der Waals surface area contributed by atoms with E-state index >= 15 is 0 Å². The van der Waals surface area contributed by atoms with Crippen molar-refractivity contribution in [3.8, 4) is 16.9 Å². The van der Waals surface area contributed by atoms with Crippen LogP contribution in [0, 0.1) is 0 Å². The van der Waals surface area contributed by atoms with Gasteiger partial charge in [0.2, 0.25) is 0 Å². The second-order valence-electron chi connectivity index (χ2n) is 11.5. The third kappa shape index (κ3) is 7.10. The molecule has 8 nitrogen and oxygen atoms in total. The smallest absolute Gasteiger partial charge is 0.260 e. The number of hydrogen-bond donors (Lipinski definition) is 1. The van der Waals surface area contributed by atoms with Crippen LogP contribution in [0.3, 0.4) is 0 Å². The van der Waals surface area contributed by atoms with E-state index in [4.69, 9.17) is 4.74 Å². The Morgan fingerprint density at radius 3 is 2.53 bits per heavy atom. The Hall–Kier alpha value is -4.47. The van der Waals surface area contributed by atoms with Crippen molar-refractivity contribution in [3.05, 3.63) is 100 Å². The van der Waals surface area contributed by atoms with Crippen molar-refractivity contribution in [2.24, 2.45) is 0 Å². The maximum Gasteiger partial charge on any atom is 0.260 e. The Morgan fingerprint density at radius 2 is 1.67 bits per heavy atom. The molecule has 3 aromatic carbocycles. The van der Waals surface area contributed by atoms with Gasteiger partial charge in [0.05, 0.1) is 11.4 Å². The van der Waals surface area contributed by atoms with Crippen molar-refractivity contribution in [3.63, 3.8) is 0 Å². The van der Waals surface area contributed by atoms with E-state index in [9.17, 15) is 14.4 Å². The Bertz CT molecular complexity index is 1670. The third-order valence-corrected chi connectivity index (χ3v) is 9.42. The summed E-state index contributed by atoms with van der Waals surface area (Å²) in [5, 5.41) is 5.04. The number of carbonyl (C=O) groups is 3. The van der Waals surface area contributed by atoms with Gasteiger partial charge in [-0.05, 0) is 86.1 Å². The monoisotopic (exact) mass is 622 g/mol. The molecule has 0 atom stereocenters. The summed E-state index contributed by atoms with van der Waals surface area (Å²) in [7, 11) is 2.06. The summed E-state index contributed by atoms with van der Waals surface area (Å²) < 4.78 is 6.14. The van der Waals surface area contributed by atoms with Crippen LogP contribution in [-0.2, 0) is 11.2 Å². The van der Waals surface area contributed by atoms with Crippen molar-refractivity contribution in [1.29, 1.82) is 0 Å². The van der Waals surface area contributed by atoms with Crippen LogP contribution in [0.4, 0.5) is 11.4 Å². The minimum atomic E-state index is -0.310.